The van der Waals surface area contributed by atoms with E-state index in [1.165, 1.54) is 0 Å². The van der Waals surface area contributed by atoms with Crippen molar-refractivity contribution in [2.24, 2.45) is 0 Å². The van der Waals surface area contributed by atoms with E-state index in [0.717, 1.165) is 42.8 Å². The van der Waals surface area contributed by atoms with Gasteiger partial charge in [0.25, 0.3) is 5.91 Å². The molecule has 110 valence electrons. The van der Waals surface area contributed by atoms with Gasteiger partial charge in [-0.1, -0.05) is 12.1 Å². The molecule has 1 saturated heterocycles. The Labute approximate surface area is 128 Å². The highest BCUT2D eigenvalue weighted by atomic mass is 32.1. The van der Waals surface area contributed by atoms with Gasteiger partial charge in [0.15, 0.2) is 0 Å². The minimum absolute atomic E-state index is 0.118. The second kappa shape index (κ2) is 6.37. The van der Waals surface area contributed by atoms with E-state index in [-0.39, 0.29) is 5.91 Å². The van der Waals surface area contributed by atoms with Crippen LogP contribution < -0.4 is 5.32 Å². The Balaban J connectivity index is 1.80. The van der Waals surface area contributed by atoms with Crippen molar-refractivity contribution in [3.8, 4) is 11.3 Å². The number of likely N-dealkylation sites (N-methyl/N-ethyl adjacent to an activating group) is 1. The minimum Gasteiger partial charge on any atom is -0.337 e. The van der Waals surface area contributed by atoms with Crippen LogP contribution in [0.1, 0.15) is 23.2 Å². The molecule has 0 radical (unpaired) electrons. The number of nitrogens with one attached hydrogen (secondary N) is 1. The van der Waals surface area contributed by atoms with Gasteiger partial charge in [-0.2, -0.15) is 0 Å². The second-order valence-electron chi connectivity index (χ2n) is 5.33. The quantitative estimate of drug-likeness (QED) is 0.948. The first-order valence-electron chi connectivity index (χ1n) is 7.23. The highest BCUT2D eigenvalue weighted by molar-refractivity contribution is 7.07. The van der Waals surface area contributed by atoms with Crippen molar-refractivity contribution in [1.82, 2.24) is 15.2 Å². The number of benzene rings is 1. The van der Waals surface area contributed by atoms with E-state index < -0.39 is 0 Å². The first kappa shape index (κ1) is 14.2. The van der Waals surface area contributed by atoms with E-state index in [0.29, 0.717) is 6.04 Å². The molecule has 0 aliphatic carbocycles. The number of rotatable bonds is 3. The van der Waals surface area contributed by atoms with Gasteiger partial charge >= 0.3 is 0 Å². The molecule has 1 aromatic carbocycles. The van der Waals surface area contributed by atoms with Crippen molar-refractivity contribution in [1.29, 1.82) is 0 Å². The Hall–Kier alpha value is -1.72. The third-order valence-corrected chi connectivity index (χ3v) is 4.54. The van der Waals surface area contributed by atoms with E-state index in [1.807, 2.05) is 47.1 Å². The third kappa shape index (κ3) is 3.14. The van der Waals surface area contributed by atoms with E-state index in [4.69, 9.17) is 0 Å². The van der Waals surface area contributed by atoms with Crippen LogP contribution in [0.2, 0.25) is 0 Å². The molecule has 2 aromatic rings. The zero-order valence-corrected chi connectivity index (χ0v) is 12.9. The molecule has 0 saturated carbocycles. The summed E-state index contributed by atoms with van der Waals surface area (Å²) < 4.78 is 0. The summed E-state index contributed by atoms with van der Waals surface area (Å²) in [6.07, 6.45) is 2.20. The fraction of sp³-hybridized carbons (Fsp3) is 0.375. The number of piperidine rings is 1. The lowest BCUT2D eigenvalue weighted by Crippen LogP contribution is -2.46. The average molecular weight is 301 g/mol. The number of thiazole rings is 1. The summed E-state index contributed by atoms with van der Waals surface area (Å²) in [5.41, 5.74) is 4.49. The van der Waals surface area contributed by atoms with Crippen LogP contribution >= 0.6 is 11.3 Å². The molecule has 1 amide bonds. The largest absolute Gasteiger partial charge is 0.337 e. The summed E-state index contributed by atoms with van der Waals surface area (Å²) in [5.74, 6) is 0.118. The zero-order valence-electron chi connectivity index (χ0n) is 12.1. The molecule has 2 heterocycles. The molecule has 1 N–H and O–H groups in total. The summed E-state index contributed by atoms with van der Waals surface area (Å²) in [6.45, 7) is 1.63. The normalized spacial score (nSPS) is 18.7. The molecule has 1 aromatic heterocycles. The smallest absolute Gasteiger partial charge is 0.253 e. The molecule has 1 aliphatic heterocycles. The van der Waals surface area contributed by atoms with Gasteiger partial charge in [0.1, 0.15) is 0 Å². The van der Waals surface area contributed by atoms with Gasteiger partial charge in [0.2, 0.25) is 0 Å². The van der Waals surface area contributed by atoms with Crippen molar-refractivity contribution in [3.63, 3.8) is 0 Å². The summed E-state index contributed by atoms with van der Waals surface area (Å²) in [4.78, 5) is 18.9. The lowest BCUT2D eigenvalue weighted by molar-refractivity contribution is 0.0698. The average Bonchev–Trinajstić information content (AvgIpc) is 3.09. The second-order valence-corrected chi connectivity index (χ2v) is 6.05. The predicted octanol–water partition coefficient (Wildman–Crippen LogP) is 2.63. The van der Waals surface area contributed by atoms with E-state index in [2.05, 4.69) is 10.3 Å². The number of nitrogens with zero attached hydrogens (tertiary/aromatic N) is 2. The van der Waals surface area contributed by atoms with Crippen LogP contribution in [-0.4, -0.2) is 42.0 Å². The van der Waals surface area contributed by atoms with Gasteiger partial charge in [-0.05, 0) is 32.0 Å². The summed E-state index contributed by atoms with van der Waals surface area (Å²) in [6, 6.07) is 8.17. The summed E-state index contributed by atoms with van der Waals surface area (Å²) in [5, 5.41) is 5.27. The summed E-state index contributed by atoms with van der Waals surface area (Å²) in [7, 11) is 1.96. The van der Waals surface area contributed by atoms with Crippen LogP contribution in [0.15, 0.2) is 35.2 Å². The molecule has 1 fully saturated rings. The highest BCUT2D eigenvalue weighted by Gasteiger charge is 2.23. The first-order valence-corrected chi connectivity index (χ1v) is 8.17. The molecule has 21 heavy (non-hydrogen) atoms. The third-order valence-electron chi connectivity index (χ3n) is 3.95. The van der Waals surface area contributed by atoms with Crippen LogP contribution in [-0.2, 0) is 0 Å². The number of hydrogen-bond acceptors (Lipinski definition) is 4. The molecular formula is C16H19N3OS. The lowest BCUT2D eigenvalue weighted by atomic mass is 10.0. The van der Waals surface area contributed by atoms with Gasteiger partial charge in [0, 0.05) is 35.6 Å². The van der Waals surface area contributed by atoms with E-state index in [9.17, 15) is 4.79 Å². The standard InChI is InChI=1S/C16H19N3OS/c1-17-14-6-3-7-19(9-14)16(20)13-5-2-4-12(8-13)15-10-21-11-18-15/h2,4-5,8,10-11,14,17H,3,6-7,9H2,1H3. The van der Waals surface area contributed by atoms with Crippen LogP contribution in [0.3, 0.4) is 0 Å². The number of amides is 1. The molecule has 4 nitrogen and oxygen atoms in total. The fourth-order valence-electron chi connectivity index (χ4n) is 2.75. The monoisotopic (exact) mass is 301 g/mol. The van der Waals surface area contributed by atoms with Gasteiger partial charge in [-0.25, -0.2) is 4.98 Å². The Morgan fingerprint density at radius 1 is 1.48 bits per heavy atom. The highest BCUT2D eigenvalue weighted by Crippen LogP contribution is 2.21. The SMILES string of the molecule is CNC1CCCN(C(=O)c2cccc(-c3cscn3)c2)C1. The Bertz CT molecular complexity index is 612. The minimum atomic E-state index is 0.118. The van der Waals surface area contributed by atoms with Gasteiger partial charge in [0.05, 0.1) is 11.2 Å². The van der Waals surface area contributed by atoms with E-state index in [1.54, 1.807) is 11.3 Å². The predicted molar refractivity (Wildman–Crippen MR) is 85.5 cm³/mol. The number of carbonyl (C=O) groups excluding carboxylic acids is 1. The van der Waals surface area contributed by atoms with Gasteiger partial charge in [-0.15, -0.1) is 11.3 Å². The lowest BCUT2D eigenvalue weighted by Gasteiger charge is -2.32. The van der Waals surface area contributed by atoms with Crippen LogP contribution in [0.5, 0.6) is 0 Å². The summed E-state index contributed by atoms with van der Waals surface area (Å²) >= 11 is 1.57. The van der Waals surface area contributed by atoms with Crippen molar-refractivity contribution >= 4 is 17.2 Å². The number of aromatic nitrogens is 1. The maximum atomic E-state index is 12.7. The van der Waals surface area contributed by atoms with Crippen LogP contribution in [0.25, 0.3) is 11.3 Å². The molecule has 3 rings (SSSR count). The van der Waals surface area contributed by atoms with Crippen molar-refractivity contribution in [2.45, 2.75) is 18.9 Å². The molecule has 1 unspecified atom stereocenters. The maximum absolute atomic E-state index is 12.7. The molecule has 1 aliphatic rings. The molecule has 5 heteroatoms. The maximum Gasteiger partial charge on any atom is 0.253 e. The molecule has 0 bridgehead atoms. The Morgan fingerprint density at radius 3 is 3.14 bits per heavy atom. The Kier molecular flexibility index (Phi) is 4.31. The van der Waals surface area contributed by atoms with Crippen LogP contribution in [0.4, 0.5) is 0 Å². The first-order chi connectivity index (χ1) is 10.3. The van der Waals surface area contributed by atoms with Crippen molar-refractivity contribution in [2.75, 3.05) is 20.1 Å². The number of hydrogen-bond donors (Lipinski definition) is 1. The van der Waals surface area contributed by atoms with Gasteiger partial charge in [-0.3, -0.25) is 4.79 Å². The van der Waals surface area contributed by atoms with Crippen LogP contribution in [0, 0.1) is 0 Å². The topological polar surface area (TPSA) is 45.2 Å². The number of carbonyl (C=O) groups is 1. The molecule has 0 spiro atoms. The van der Waals surface area contributed by atoms with Crippen molar-refractivity contribution < 1.29 is 4.79 Å². The molecule has 1 atom stereocenters. The fourth-order valence-corrected chi connectivity index (χ4v) is 3.31. The molecular weight excluding hydrogens is 282 g/mol. The van der Waals surface area contributed by atoms with Crippen molar-refractivity contribution in [3.05, 3.63) is 40.7 Å². The Morgan fingerprint density at radius 2 is 2.38 bits per heavy atom. The van der Waals surface area contributed by atoms with E-state index >= 15 is 0 Å². The number of likely N-dealkylation sites (tertiary alicyclic amines) is 1. The zero-order chi connectivity index (χ0) is 14.7. The van der Waals surface area contributed by atoms with Gasteiger partial charge < -0.3 is 10.2 Å².